The van der Waals surface area contributed by atoms with Gasteiger partial charge in [0.05, 0.1) is 18.8 Å². The maximum Gasteiger partial charge on any atom is 0.0697 e. The molecule has 0 amide bonds. The van der Waals surface area contributed by atoms with Crippen molar-refractivity contribution in [2.75, 3.05) is 39.3 Å². The van der Waals surface area contributed by atoms with Crippen LogP contribution in [0.1, 0.15) is 26.7 Å². The number of β-amino-alcohol motifs (C(OH)–C–C–N with tert-alkyl or cyclic N) is 1. The number of likely N-dealkylation sites (tertiary alicyclic amines) is 1. The highest BCUT2D eigenvalue weighted by Gasteiger charge is 2.17. The fourth-order valence-corrected chi connectivity index (χ4v) is 1.98. The summed E-state index contributed by atoms with van der Waals surface area (Å²) in [5.41, 5.74) is 0. The first kappa shape index (κ1) is 13.9. The number of nitrogens with zero attached hydrogens (tertiary/aromatic N) is 1. The standard InChI is InChI=1S/2C6H13NO/c1-2-7-4-3-6(8)5-7;1-2-6-5-7-3-4-8-6/h6,8H,2-5H2,1H3;6-7H,2-5H2,1H3. The summed E-state index contributed by atoms with van der Waals surface area (Å²) >= 11 is 0. The predicted octanol–water partition coefficient (Wildman–Crippen LogP) is 0.458. The minimum absolute atomic E-state index is 0.0463. The van der Waals surface area contributed by atoms with Crippen LogP contribution in [0.15, 0.2) is 0 Å². The van der Waals surface area contributed by atoms with Gasteiger partial charge in [-0.25, -0.2) is 0 Å². The summed E-state index contributed by atoms with van der Waals surface area (Å²) in [7, 11) is 0. The second-order valence-electron chi connectivity index (χ2n) is 4.44. The molecule has 2 aliphatic rings. The molecule has 2 heterocycles. The van der Waals surface area contributed by atoms with Gasteiger partial charge in [0.2, 0.25) is 0 Å². The summed E-state index contributed by atoms with van der Waals surface area (Å²) in [6.45, 7) is 10.3. The van der Waals surface area contributed by atoms with E-state index >= 15 is 0 Å². The molecule has 2 aliphatic heterocycles. The minimum Gasteiger partial charge on any atom is -0.392 e. The lowest BCUT2D eigenvalue weighted by atomic mass is 10.2. The van der Waals surface area contributed by atoms with Crippen molar-refractivity contribution in [2.45, 2.75) is 38.9 Å². The van der Waals surface area contributed by atoms with E-state index in [1.165, 1.54) is 0 Å². The van der Waals surface area contributed by atoms with E-state index in [0.29, 0.717) is 6.10 Å². The van der Waals surface area contributed by atoms with Crippen molar-refractivity contribution >= 4 is 0 Å². The SMILES string of the molecule is CCC1CNCCO1.CCN1CCC(O)C1. The van der Waals surface area contributed by atoms with Crippen molar-refractivity contribution in [3.05, 3.63) is 0 Å². The van der Waals surface area contributed by atoms with E-state index in [1.807, 2.05) is 0 Å². The molecule has 0 aromatic carbocycles. The number of ether oxygens (including phenoxy) is 1. The Bertz CT molecular complexity index is 168. The number of aliphatic hydroxyl groups is 1. The smallest absolute Gasteiger partial charge is 0.0697 e. The van der Waals surface area contributed by atoms with Crippen LogP contribution >= 0.6 is 0 Å². The monoisotopic (exact) mass is 230 g/mol. The number of hydrogen-bond acceptors (Lipinski definition) is 4. The molecule has 0 aliphatic carbocycles. The quantitative estimate of drug-likeness (QED) is 0.723. The summed E-state index contributed by atoms with van der Waals surface area (Å²) in [6, 6.07) is 0. The molecule has 4 nitrogen and oxygen atoms in total. The van der Waals surface area contributed by atoms with Gasteiger partial charge < -0.3 is 20.1 Å². The Morgan fingerprint density at radius 3 is 2.56 bits per heavy atom. The third kappa shape index (κ3) is 5.25. The molecule has 0 aromatic rings. The van der Waals surface area contributed by atoms with Gasteiger partial charge in [-0.15, -0.1) is 0 Å². The summed E-state index contributed by atoms with van der Waals surface area (Å²) in [4.78, 5) is 2.25. The van der Waals surface area contributed by atoms with Gasteiger partial charge in [0.25, 0.3) is 0 Å². The Labute approximate surface area is 99.0 Å². The second kappa shape index (κ2) is 8.01. The predicted molar refractivity (Wildman–Crippen MR) is 65.6 cm³/mol. The van der Waals surface area contributed by atoms with Gasteiger partial charge in [0.1, 0.15) is 0 Å². The van der Waals surface area contributed by atoms with Crippen LogP contribution in [0.5, 0.6) is 0 Å². The van der Waals surface area contributed by atoms with E-state index in [9.17, 15) is 0 Å². The fraction of sp³-hybridized carbons (Fsp3) is 1.00. The molecule has 2 atom stereocenters. The van der Waals surface area contributed by atoms with Gasteiger partial charge in [-0.05, 0) is 19.4 Å². The molecular weight excluding hydrogens is 204 g/mol. The van der Waals surface area contributed by atoms with Gasteiger partial charge in [-0.3, -0.25) is 0 Å². The molecule has 4 heteroatoms. The lowest BCUT2D eigenvalue weighted by Crippen LogP contribution is -2.37. The number of morpholine rings is 1. The van der Waals surface area contributed by atoms with Gasteiger partial charge in [-0.2, -0.15) is 0 Å². The molecule has 0 aromatic heterocycles. The molecule has 0 saturated carbocycles. The maximum absolute atomic E-state index is 8.99. The Balaban J connectivity index is 0.000000160. The van der Waals surface area contributed by atoms with Crippen LogP contribution in [0, 0.1) is 0 Å². The van der Waals surface area contributed by atoms with Crippen molar-refractivity contribution in [1.29, 1.82) is 0 Å². The average Bonchev–Trinajstić information content (AvgIpc) is 2.77. The van der Waals surface area contributed by atoms with Crippen LogP contribution < -0.4 is 5.32 Å². The summed E-state index contributed by atoms with van der Waals surface area (Å²) < 4.78 is 5.36. The highest BCUT2D eigenvalue weighted by Crippen LogP contribution is 2.06. The highest BCUT2D eigenvalue weighted by molar-refractivity contribution is 4.72. The highest BCUT2D eigenvalue weighted by atomic mass is 16.5. The van der Waals surface area contributed by atoms with Crippen LogP contribution in [0.25, 0.3) is 0 Å². The van der Waals surface area contributed by atoms with E-state index in [0.717, 1.165) is 52.2 Å². The average molecular weight is 230 g/mol. The molecule has 16 heavy (non-hydrogen) atoms. The van der Waals surface area contributed by atoms with Crippen molar-refractivity contribution < 1.29 is 9.84 Å². The minimum atomic E-state index is -0.0463. The Hall–Kier alpha value is -0.160. The topological polar surface area (TPSA) is 44.7 Å². The molecule has 2 saturated heterocycles. The zero-order valence-corrected chi connectivity index (χ0v) is 10.6. The molecule has 2 rings (SSSR count). The second-order valence-corrected chi connectivity index (χ2v) is 4.44. The van der Waals surface area contributed by atoms with E-state index in [-0.39, 0.29) is 6.10 Å². The normalized spacial score (nSPS) is 30.9. The fourth-order valence-electron chi connectivity index (χ4n) is 1.98. The summed E-state index contributed by atoms with van der Waals surface area (Å²) in [6.07, 6.45) is 2.53. The number of nitrogens with one attached hydrogen (secondary N) is 1. The van der Waals surface area contributed by atoms with E-state index in [1.54, 1.807) is 0 Å². The molecule has 0 bridgehead atoms. The third-order valence-electron chi connectivity index (χ3n) is 3.15. The van der Waals surface area contributed by atoms with Crippen LogP contribution in [-0.4, -0.2) is 61.5 Å². The molecule has 2 unspecified atom stereocenters. The molecule has 96 valence electrons. The Kier molecular flexibility index (Phi) is 6.96. The van der Waals surface area contributed by atoms with E-state index in [2.05, 4.69) is 24.1 Å². The maximum atomic E-state index is 8.99. The van der Waals surface area contributed by atoms with Gasteiger partial charge in [-0.1, -0.05) is 13.8 Å². The summed E-state index contributed by atoms with van der Waals surface area (Å²) in [5, 5.41) is 12.2. The van der Waals surface area contributed by atoms with Crippen molar-refractivity contribution in [2.24, 2.45) is 0 Å². The van der Waals surface area contributed by atoms with Crippen molar-refractivity contribution in [1.82, 2.24) is 10.2 Å². The lowest BCUT2D eigenvalue weighted by molar-refractivity contribution is 0.0267. The first-order chi connectivity index (χ1) is 7.76. The Morgan fingerprint density at radius 2 is 2.25 bits per heavy atom. The van der Waals surface area contributed by atoms with Crippen LogP contribution in [0.4, 0.5) is 0 Å². The number of rotatable bonds is 2. The van der Waals surface area contributed by atoms with E-state index < -0.39 is 0 Å². The van der Waals surface area contributed by atoms with Gasteiger partial charge in [0.15, 0.2) is 0 Å². The van der Waals surface area contributed by atoms with Crippen LogP contribution in [0.3, 0.4) is 0 Å². The number of aliphatic hydroxyl groups excluding tert-OH is 1. The van der Waals surface area contributed by atoms with Crippen molar-refractivity contribution in [3.8, 4) is 0 Å². The molecule has 2 fully saturated rings. The lowest BCUT2D eigenvalue weighted by Gasteiger charge is -2.21. The molecule has 0 spiro atoms. The van der Waals surface area contributed by atoms with Gasteiger partial charge >= 0.3 is 0 Å². The summed E-state index contributed by atoms with van der Waals surface area (Å²) in [5.74, 6) is 0. The zero-order chi connectivity index (χ0) is 11.8. The third-order valence-corrected chi connectivity index (χ3v) is 3.15. The molecular formula is C12H26N2O2. The molecule has 2 N–H and O–H groups in total. The number of likely N-dealkylation sites (N-methyl/N-ethyl adjacent to an activating group) is 1. The van der Waals surface area contributed by atoms with Crippen molar-refractivity contribution in [3.63, 3.8) is 0 Å². The van der Waals surface area contributed by atoms with Crippen LogP contribution in [-0.2, 0) is 4.74 Å². The first-order valence-corrected chi connectivity index (χ1v) is 6.49. The van der Waals surface area contributed by atoms with E-state index in [4.69, 9.17) is 9.84 Å². The zero-order valence-electron chi connectivity index (χ0n) is 10.6. The largest absolute Gasteiger partial charge is 0.392 e. The number of hydrogen-bond donors (Lipinski definition) is 2. The Morgan fingerprint density at radius 1 is 1.44 bits per heavy atom. The van der Waals surface area contributed by atoms with Gasteiger partial charge in [0, 0.05) is 26.2 Å². The van der Waals surface area contributed by atoms with Crippen LogP contribution in [0.2, 0.25) is 0 Å². The first-order valence-electron chi connectivity index (χ1n) is 6.49. The molecule has 0 radical (unpaired) electrons.